The van der Waals surface area contributed by atoms with Gasteiger partial charge in [0.25, 0.3) is 0 Å². The van der Waals surface area contributed by atoms with E-state index in [-0.39, 0.29) is 42.4 Å². The van der Waals surface area contributed by atoms with Gasteiger partial charge in [-0.05, 0) is 32.9 Å². The van der Waals surface area contributed by atoms with Gasteiger partial charge in [-0.3, -0.25) is 4.79 Å². The summed E-state index contributed by atoms with van der Waals surface area (Å²) in [5.74, 6) is -1.52. The second-order valence-corrected chi connectivity index (χ2v) is 5.41. The standard InChI is InChI=1S/C18H20N2O6/c1-4-23-14(21)8-13-16(18(22)24-5-2)15(11(9-19)17(20)26-13)12-7-6-10(3)25-12/h6-7,15H,4-5,8,20H2,1-3H3/t15-/m0/s1. The molecule has 2 N–H and O–H groups in total. The van der Waals surface area contributed by atoms with Crippen molar-refractivity contribution in [3.05, 3.63) is 46.4 Å². The molecule has 138 valence electrons. The van der Waals surface area contributed by atoms with Gasteiger partial charge in [-0.1, -0.05) is 0 Å². The first kappa shape index (κ1) is 19.1. The first-order chi connectivity index (χ1) is 12.4. The zero-order valence-electron chi connectivity index (χ0n) is 14.8. The molecule has 0 spiro atoms. The molecule has 0 unspecified atom stereocenters. The van der Waals surface area contributed by atoms with Crippen LogP contribution in [0.1, 0.15) is 37.7 Å². The summed E-state index contributed by atoms with van der Waals surface area (Å²) in [5.41, 5.74) is 5.86. The first-order valence-corrected chi connectivity index (χ1v) is 8.12. The molecule has 26 heavy (non-hydrogen) atoms. The van der Waals surface area contributed by atoms with E-state index in [9.17, 15) is 14.9 Å². The third-order valence-corrected chi connectivity index (χ3v) is 3.65. The predicted octanol–water partition coefficient (Wildman–Crippen LogP) is 2.17. The average molecular weight is 360 g/mol. The summed E-state index contributed by atoms with van der Waals surface area (Å²) in [6.45, 7) is 5.33. The van der Waals surface area contributed by atoms with E-state index in [0.717, 1.165) is 0 Å². The highest BCUT2D eigenvalue weighted by Gasteiger charge is 2.40. The van der Waals surface area contributed by atoms with Crippen LogP contribution in [0.2, 0.25) is 0 Å². The van der Waals surface area contributed by atoms with Gasteiger partial charge >= 0.3 is 11.9 Å². The van der Waals surface area contributed by atoms with Crippen molar-refractivity contribution >= 4 is 11.9 Å². The van der Waals surface area contributed by atoms with Crippen LogP contribution in [0.15, 0.2) is 39.3 Å². The molecule has 0 amide bonds. The van der Waals surface area contributed by atoms with Gasteiger partial charge in [0.05, 0.1) is 24.7 Å². The number of nitrogens with two attached hydrogens (primary N) is 1. The van der Waals surface area contributed by atoms with Gasteiger partial charge in [0.15, 0.2) is 0 Å². The maximum atomic E-state index is 12.6. The monoisotopic (exact) mass is 360 g/mol. The first-order valence-electron chi connectivity index (χ1n) is 8.12. The molecule has 0 saturated heterocycles. The number of hydrogen-bond acceptors (Lipinski definition) is 8. The number of allylic oxidation sites excluding steroid dienone is 1. The van der Waals surface area contributed by atoms with E-state index in [4.69, 9.17) is 24.4 Å². The normalized spacial score (nSPS) is 16.8. The van der Waals surface area contributed by atoms with E-state index in [1.54, 1.807) is 32.9 Å². The maximum absolute atomic E-state index is 12.6. The van der Waals surface area contributed by atoms with Crippen LogP contribution in [0.4, 0.5) is 0 Å². The molecule has 1 aliphatic heterocycles. The van der Waals surface area contributed by atoms with Crippen LogP contribution >= 0.6 is 0 Å². The number of nitrogens with zero attached hydrogens (tertiary/aromatic N) is 1. The minimum atomic E-state index is -0.925. The smallest absolute Gasteiger partial charge is 0.338 e. The number of esters is 2. The minimum Gasteiger partial charge on any atom is -0.466 e. The molecule has 0 saturated carbocycles. The summed E-state index contributed by atoms with van der Waals surface area (Å²) in [5, 5.41) is 9.51. The van der Waals surface area contributed by atoms with Crippen molar-refractivity contribution in [1.29, 1.82) is 5.26 Å². The third kappa shape index (κ3) is 3.88. The van der Waals surface area contributed by atoms with Gasteiger partial charge in [0.1, 0.15) is 35.3 Å². The Labute approximate surface area is 150 Å². The van der Waals surface area contributed by atoms with Crippen LogP contribution in [-0.4, -0.2) is 25.2 Å². The van der Waals surface area contributed by atoms with Crippen molar-refractivity contribution in [2.45, 2.75) is 33.1 Å². The number of rotatable bonds is 6. The molecule has 2 heterocycles. The largest absolute Gasteiger partial charge is 0.466 e. The molecule has 1 aromatic heterocycles. The van der Waals surface area contributed by atoms with E-state index in [1.165, 1.54) is 0 Å². The summed E-state index contributed by atoms with van der Waals surface area (Å²) >= 11 is 0. The summed E-state index contributed by atoms with van der Waals surface area (Å²) < 4.78 is 21.0. The molecule has 0 bridgehead atoms. The van der Waals surface area contributed by atoms with E-state index >= 15 is 0 Å². The Bertz CT molecular complexity index is 812. The zero-order chi connectivity index (χ0) is 19.3. The minimum absolute atomic E-state index is 0.00000283. The molecule has 1 aliphatic rings. The Hall–Kier alpha value is -3.21. The summed E-state index contributed by atoms with van der Waals surface area (Å²) in [7, 11) is 0. The number of hydrogen-bond donors (Lipinski definition) is 1. The third-order valence-electron chi connectivity index (χ3n) is 3.65. The van der Waals surface area contributed by atoms with Gasteiger partial charge < -0.3 is 24.4 Å². The molecule has 2 rings (SSSR count). The summed E-state index contributed by atoms with van der Waals surface area (Å²) in [4.78, 5) is 24.5. The van der Waals surface area contributed by atoms with Crippen molar-refractivity contribution in [3.8, 4) is 6.07 Å². The Kier molecular flexibility index (Phi) is 6.07. The molecule has 8 nitrogen and oxygen atoms in total. The number of carbonyl (C=O) groups excluding carboxylic acids is 2. The van der Waals surface area contributed by atoms with Crippen molar-refractivity contribution in [1.82, 2.24) is 0 Å². The molecular weight excluding hydrogens is 340 g/mol. The highest BCUT2D eigenvalue weighted by atomic mass is 16.5. The number of nitriles is 1. The zero-order valence-corrected chi connectivity index (χ0v) is 14.8. The fourth-order valence-corrected chi connectivity index (χ4v) is 2.62. The van der Waals surface area contributed by atoms with Crippen LogP contribution in [0.25, 0.3) is 0 Å². The van der Waals surface area contributed by atoms with Crippen LogP contribution in [-0.2, 0) is 23.8 Å². The molecule has 8 heteroatoms. The van der Waals surface area contributed by atoms with E-state index in [1.807, 2.05) is 6.07 Å². The Morgan fingerprint density at radius 3 is 2.50 bits per heavy atom. The lowest BCUT2D eigenvalue weighted by molar-refractivity contribution is -0.143. The summed E-state index contributed by atoms with van der Waals surface area (Å²) in [6, 6.07) is 5.28. The maximum Gasteiger partial charge on any atom is 0.338 e. The molecule has 1 atom stereocenters. The molecule has 1 aromatic rings. The second-order valence-electron chi connectivity index (χ2n) is 5.41. The van der Waals surface area contributed by atoms with Crippen LogP contribution in [0.5, 0.6) is 0 Å². The van der Waals surface area contributed by atoms with Crippen molar-refractivity contribution in [2.75, 3.05) is 13.2 Å². The quantitative estimate of drug-likeness (QED) is 0.765. The number of ether oxygens (including phenoxy) is 3. The lowest BCUT2D eigenvalue weighted by Gasteiger charge is -2.26. The molecule has 0 aromatic carbocycles. The fourth-order valence-electron chi connectivity index (χ4n) is 2.62. The van der Waals surface area contributed by atoms with Gasteiger partial charge in [-0.25, -0.2) is 4.79 Å². The van der Waals surface area contributed by atoms with E-state index < -0.39 is 17.9 Å². The van der Waals surface area contributed by atoms with Gasteiger partial charge in [0, 0.05) is 0 Å². The number of furan rings is 1. The molecular formula is C18H20N2O6. The van der Waals surface area contributed by atoms with Crippen molar-refractivity contribution in [3.63, 3.8) is 0 Å². The fraction of sp³-hybridized carbons (Fsp3) is 0.389. The Morgan fingerprint density at radius 2 is 1.96 bits per heavy atom. The highest BCUT2D eigenvalue weighted by Crippen LogP contribution is 2.41. The SMILES string of the molecule is CCOC(=O)CC1=C(C(=O)OCC)[C@H](c2ccc(C)o2)C(C#N)=C(N)O1. The number of carbonyl (C=O) groups is 2. The lowest BCUT2D eigenvalue weighted by atomic mass is 9.86. The lowest BCUT2D eigenvalue weighted by Crippen LogP contribution is -2.27. The van der Waals surface area contributed by atoms with E-state index in [2.05, 4.69) is 0 Å². The Morgan fingerprint density at radius 1 is 1.27 bits per heavy atom. The van der Waals surface area contributed by atoms with Crippen LogP contribution in [0.3, 0.4) is 0 Å². The number of aryl methyl sites for hydroxylation is 1. The highest BCUT2D eigenvalue weighted by molar-refractivity contribution is 5.93. The second kappa shape index (κ2) is 8.25. The van der Waals surface area contributed by atoms with Crippen molar-refractivity contribution in [2.24, 2.45) is 5.73 Å². The Balaban J connectivity index is 2.59. The van der Waals surface area contributed by atoms with Gasteiger partial charge in [-0.15, -0.1) is 0 Å². The topological polar surface area (TPSA) is 125 Å². The predicted molar refractivity (Wildman–Crippen MR) is 89.0 cm³/mol. The van der Waals surface area contributed by atoms with Crippen LogP contribution < -0.4 is 5.73 Å². The van der Waals surface area contributed by atoms with Crippen molar-refractivity contribution < 1.29 is 28.2 Å². The van der Waals surface area contributed by atoms with Crippen LogP contribution in [0, 0.1) is 18.3 Å². The molecule has 0 fully saturated rings. The van der Waals surface area contributed by atoms with Gasteiger partial charge in [-0.2, -0.15) is 5.26 Å². The molecule has 0 aliphatic carbocycles. The van der Waals surface area contributed by atoms with Gasteiger partial charge in [0.2, 0.25) is 5.88 Å². The van der Waals surface area contributed by atoms with E-state index in [0.29, 0.717) is 11.5 Å². The molecule has 0 radical (unpaired) electrons. The average Bonchev–Trinajstić information content (AvgIpc) is 3.00. The summed E-state index contributed by atoms with van der Waals surface area (Å²) in [6.07, 6.45) is -0.322.